The van der Waals surface area contributed by atoms with Crippen LogP contribution in [0.1, 0.15) is 12.6 Å². The number of carbonyl (C=O) groups excluding carboxylic acids is 1. The van der Waals surface area contributed by atoms with E-state index in [2.05, 4.69) is 20.5 Å². The Labute approximate surface area is 189 Å². The number of pyridine rings is 1. The van der Waals surface area contributed by atoms with E-state index in [-0.39, 0.29) is 17.2 Å². The Morgan fingerprint density at radius 2 is 1.75 bits per heavy atom. The monoisotopic (exact) mass is 449 g/mol. The largest absolute Gasteiger partial charge is 0.319 e. The minimum atomic E-state index is -0.493. The molecule has 1 N–H and O–H groups in total. The van der Waals surface area contributed by atoms with Crippen LogP contribution in [0, 0.1) is 6.92 Å². The van der Waals surface area contributed by atoms with Crippen LogP contribution in [0.4, 0.5) is 5.69 Å². The lowest BCUT2D eigenvalue weighted by Gasteiger charge is -2.11. The van der Waals surface area contributed by atoms with Gasteiger partial charge in [-0.25, -0.2) is 4.68 Å². The van der Waals surface area contributed by atoms with Gasteiger partial charge in [0.15, 0.2) is 11.0 Å². The van der Waals surface area contributed by atoms with Crippen LogP contribution in [-0.2, 0) is 18.9 Å². The molecule has 0 radical (unpaired) electrons. The molecule has 0 aliphatic heterocycles. The summed E-state index contributed by atoms with van der Waals surface area (Å²) < 4.78 is 5.10. The second-order valence-electron chi connectivity index (χ2n) is 7.29. The summed E-state index contributed by atoms with van der Waals surface area (Å²) in [6.45, 7) is 3.58. The summed E-state index contributed by atoms with van der Waals surface area (Å²) in [5.41, 5.74) is 2.28. The quantitative estimate of drug-likeness (QED) is 0.455. The van der Waals surface area contributed by atoms with Crippen LogP contribution in [0.25, 0.3) is 17.1 Å². The second kappa shape index (κ2) is 8.83. The Balaban J connectivity index is 1.53. The lowest BCUT2D eigenvalue weighted by atomic mass is 10.2. The van der Waals surface area contributed by atoms with E-state index in [4.69, 9.17) is 0 Å². The van der Waals surface area contributed by atoms with Gasteiger partial charge in [-0.15, -0.1) is 10.2 Å². The number of para-hydroxylation sites is 1. The number of hydrogen-bond acceptors (Lipinski definition) is 6. The van der Waals surface area contributed by atoms with E-state index >= 15 is 0 Å². The first-order valence-corrected chi connectivity index (χ1v) is 10.9. The van der Waals surface area contributed by atoms with Crippen LogP contribution in [0.3, 0.4) is 0 Å². The molecule has 0 bridgehead atoms. The van der Waals surface area contributed by atoms with E-state index in [1.165, 1.54) is 16.4 Å². The molecule has 1 aromatic carbocycles. The molecule has 0 unspecified atom stereocenters. The number of thioether (sulfide) groups is 1. The standard InChI is InChI=1S/C22H23N7O2S/c1-14-18(21(31)29(28(14)4)17-8-6-5-7-9-17)24-20(30)15(2)32-22-26-25-19(27(22)3)16-10-12-23-13-11-16/h5-13,15H,1-4H3,(H,24,30)/t15-/m0/s1. The summed E-state index contributed by atoms with van der Waals surface area (Å²) in [6.07, 6.45) is 3.38. The van der Waals surface area contributed by atoms with Gasteiger partial charge >= 0.3 is 0 Å². The Kier molecular flexibility index (Phi) is 5.95. The highest BCUT2D eigenvalue weighted by atomic mass is 32.2. The van der Waals surface area contributed by atoms with Gasteiger partial charge in [0, 0.05) is 32.1 Å². The molecule has 3 heterocycles. The Morgan fingerprint density at radius 3 is 2.44 bits per heavy atom. The zero-order valence-corrected chi connectivity index (χ0v) is 19.0. The van der Waals surface area contributed by atoms with Gasteiger partial charge in [0.1, 0.15) is 5.69 Å². The van der Waals surface area contributed by atoms with Crippen LogP contribution in [0.15, 0.2) is 64.8 Å². The summed E-state index contributed by atoms with van der Waals surface area (Å²) in [6, 6.07) is 13.0. The maximum atomic E-state index is 13.0. The van der Waals surface area contributed by atoms with Gasteiger partial charge in [0.2, 0.25) is 5.91 Å². The van der Waals surface area contributed by atoms with E-state index in [0.29, 0.717) is 16.7 Å². The van der Waals surface area contributed by atoms with Gasteiger partial charge < -0.3 is 9.88 Å². The molecule has 1 atom stereocenters. The number of nitrogens with one attached hydrogen (secondary N) is 1. The Bertz CT molecular complexity index is 1310. The molecule has 0 saturated carbocycles. The van der Waals surface area contributed by atoms with Crippen LogP contribution in [-0.4, -0.2) is 40.3 Å². The van der Waals surface area contributed by atoms with Crippen molar-refractivity contribution in [3.05, 3.63) is 70.9 Å². The fraction of sp³-hybridized carbons (Fsp3) is 0.227. The van der Waals surface area contributed by atoms with Crippen molar-refractivity contribution in [1.82, 2.24) is 29.1 Å². The van der Waals surface area contributed by atoms with Crippen LogP contribution in [0.2, 0.25) is 0 Å². The molecular weight excluding hydrogens is 426 g/mol. The molecule has 9 nitrogen and oxygen atoms in total. The van der Waals surface area contributed by atoms with E-state index in [9.17, 15) is 9.59 Å². The molecule has 0 aliphatic rings. The van der Waals surface area contributed by atoms with Crippen molar-refractivity contribution in [2.24, 2.45) is 14.1 Å². The van der Waals surface area contributed by atoms with E-state index in [1.807, 2.05) is 54.1 Å². The molecule has 4 aromatic rings. The van der Waals surface area contributed by atoms with Gasteiger partial charge in [0.05, 0.1) is 16.6 Å². The predicted molar refractivity (Wildman–Crippen MR) is 124 cm³/mol. The first-order valence-electron chi connectivity index (χ1n) is 9.99. The maximum absolute atomic E-state index is 13.0. The number of anilines is 1. The first kappa shape index (κ1) is 21.6. The fourth-order valence-electron chi connectivity index (χ4n) is 3.32. The van der Waals surface area contributed by atoms with E-state index in [0.717, 1.165) is 11.3 Å². The third-order valence-corrected chi connectivity index (χ3v) is 6.36. The number of carbonyl (C=O) groups is 1. The lowest BCUT2D eigenvalue weighted by molar-refractivity contribution is -0.115. The minimum Gasteiger partial charge on any atom is -0.319 e. The van der Waals surface area contributed by atoms with Crippen LogP contribution in [0.5, 0.6) is 0 Å². The summed E-state index contributed by atoms with van der Waals surface area (Å²) in [7, 11) is 3.64. The average Bonchev–Trinajstić information content (AvgIpc) is 3.27. The highest BCUT2D eigenvalue weighted by molar-refractivity contribution is 8.00. The molecule has 0 spiro atoms. The summed E-state index contributed by atoms with van der Waals surface area (Å²) >= 11 is 1.28. The fourth-order valence-corrected chi connectivity index (χ4v) is 4.13. The molecule has 0 fully saturated rings. The van der Waals surface area contributed by atoms with E-state index in [1.54, 1.807) is 38.0 Å². The molecule has 164 valence electrons. The zero-order valence-electron chi connectivity index (χ0n) is 18.2. The minimum absolute atomic E-state index is 0.268. The first-order chi connectivity index (χ1) is 15.4. The molecule has 3 aromatic heterocycles. The zero-order chi connectivity index (χ0) is 22.8. The molecule has 1 amide bonds. The van der Waals surface area contributed by atoms with Crippen molar-refractivity contribution >= 4 is 23.4 Å². The third-order valence-electron chi connectivity index (χ3n) is 5.23. The Morgan fingerprint density at radius 1 is 1.06 bits per heavy atom. The highest BCUT2D eigenvalue weighted by Gasteiger charge is 2.23. The van der Waals surface area contributed by atoms with Crippen molar-refractivity contribution in [3.63, 3.8) is 0 Å². The number of amides is 1. The molecule has 4 rings (SSSR count). The van der Waals surface area contributed by atoms with Gasteiger partial charge in [-0.05, 0) is 38.1 Å². The second-order valence-corrected chi connectivity index (χ2v) is 8.59. The van der Waals surface area contributed by atoms with E-state index < -0.39 is 5.25 Å². The third kappa shape index (κ3) is 3.96. The van der Waals surface area contributed by atoms with Crippen molar-refractivity contribution < 1.29 is 4.79 Å². The van der Waals surface area contributed by atoms with Gasteiger partial charge in [-0.2, -0.15) is 0 Å². The number of benzene rings is 1. The summed E-state index contributed by atoms with van der Waals surface area (Å²) in [5.74, 6) is 0.404. The summed E-state index contributed by atoms with van der Waals surface area (Å²) in [4.78, 5) is 30.0. The number of hydrogen-bond donors (Lipinski definition) is 1. The van der Waals surface area contributed by atoms with Crippen molar-refractivity contribution in [1.29, 1.82) is 0 Å². The molecule has 0 saturated heterocycles. The van der Waals surface area contributed by atoms with Crippen LogP contribution < -0.4 is 10.9 Å². The van der Waals surface area contributed by atoms with Crippen molar-refractivity contribution in [3.8, 4) is 17.1 Å². The van der Waals surface area contributed by atoms with Crippen LogP contribution >= 0.6 is 11.8 Å². The number of aromatic nitrogens is 6. The number of nitrogens with zero attached hydrogens (tertiary/aromatic N) is 6. The highest BCUT2D eigenvalue weighted by Crippen LogP contribution is 2.26. The number of rotatable bonds is 6. The molecular formula is C22H23N7O2S. The molecule has 10 heteroatoms. The van der Waals surface area contributed by atoms with Crippen molar-refractivity contribution in [2.75, 3.05) is 5.32 Å². The average molecular weight is 450 g/mol. The smallest absolute Gasteiger partial charge is 0.295 e. The topological polar surface area (TPSA) is 99.6 Å². The Hall–Kier alpha value is -3.66. The van der Waals surface area contributed by atoms with Gasteiger partial charge in [0.25, 0.3) is 5.56 Å². The van der Waals surface area contributed by atoms with Gasteiger partial charge in [-0.1, -0.05) is 30.0 Å². The summed E-state index contributed by atoms with van der Waals surface area (Å²) in [5, 5.41) is 11.4. The SMILES string of the molecule is Cc1c(NC(=O)[C@H](C)Sc2nnc(-c3ccncc3)n2C)c(=O)n(-c2ccccc2)n1C. The predicted octanol–water partition coefficient (Wildman–Crippen LogP) is 2.79. The van der Waals surface area contributed by atoms with Gasteiger partial charge in [-0.3, -0.25) is 19.3 Å². The lowest BCUT2D eigenvalue weighted by Crippen LogP contribution is -2.27. The molecule has 32 heavy (non-hydrogen) atoms. The maximum Gasteiger partial charge on any atom is 0.295 e. The van der Waals surface area contributed by atoms with Crippen molar-refractivity contribution in [2.45, 2.75) is 24.3 Å². The normalized spacial score (nSPS) is 12.0. The molecule has 0 aliphatic carbocycles.